The summed E-state index contributed by atoms with van der Waals surface area (Å²) in [4.78, 5) is 29.2. The van der Waals surface area contributed by atoms with Crippen molar-refractivity contribution in [3.63, 3.8) is 0 Å². The molecule has 2 heterocycles. The fourth-order valence-electron chi connectivity index (χ4n) is 3.12. The topological polar surface area (TPSA) is 91.8 Å². The molecule has 1 amide bonds. The minimum Gasteiger partial charge on any atom is -0.506 e. The van der Waals surface area contributed by atoms with Crippen LogP contribution >= 0.6 is 0 Å². The van der Waals surface area contributed by atoms with Crippen LogP contribution in [0.4, 0.5) is 4.79 Å². The summed E-state index contributed by atoms with van der Waals surface area (Å²) in [6.07, 6.45) is 4.75. The van der Waals surface area contributed by atoms with Gasteiger partial charge in [0.25, 0.3) is 0 Å². The molecule has 0 unspecified atom stereocenters. The molecule has 150 valence electrons. The van der Waals surface area contributed by atoms with Crippen molar-refractivity contribution in [2.45, 2.75) is 64.5 Å². The first-order chi connectivity index (χ1) is 12.8. The third-order valence-electron chi connectivity index (χ3n) is 4.51. The lowest BCUT2D eigenvalue weighted by Gasteiger charge is -2.32. The van der Waals surface area contributed by atoms with E-state index in [-0.39, 0.29) is 29.2 Å². The summed E-state index contributed by atoms with van der Waals surface area (Å²) < 4.78 is 5.50. The zero-order chi connectivity index (χ0) is 19.9. The predicted molar refractivity (Wildman–Crippen MR) is 103 cm³/mol. The number of carbonyl (C=O) groups is 2. The van der Waals surface area contributed by atoms with E-state index in [1.807, 2.05) is 20.8 Å². The molecule has 1 saturated heterocycles. The number of aromatic hydroxyl groups is 1. The van der Waals surface area contributed by atoms with Crippen molar-refractivity contribution >= 4 is 12.4 Å². The number of aromatic nitrogens is 1. The molecule has 0 spiro atoms. The highest BCUT2D eigenvalue weighted by molar-refractivity contribution is 5.75. The Morgan fingerprint density at radius 2 is 2.04 bits per heavy atom. The second-order valence-corrected chi connectivity index (χ2v) is 8.10. The molecule has 0 aliphatic carbocycles. The van der Waals surface area contributed by atoms with Crippen LogP contribution in [0.25, 0.3) is 0 Å². The molecule has 7 nitrogen and oxygen atoms in total. The minimum atomic E-state index is -0.336. The lowest BCUT2D eigenvalue weighted by atomic mass is 10.1. The summed E-state index contributed by atoms with van der Waals surface area (Å²) in [5.74, 6) is -0.0741. The number of hydrogen-bond donors (Lipinski definition) is 2. The van der Waals surface area contributed by atoms with Gasteiger partial charge >= 0.3 is 6.09 Å². The average molecular weight is 377 g/mol. The first kappa shape index (κ1) is 21.2. The summed E-state index contributed by atoms with van der Waals surface area (Å²) in [5.41, 5.74) is 0.647. The first-order valence-corrected chi connectivity index (χ1v) is 9.62. The summed E-state index contributed by atoms with van der Waals surface area (Å²) in [7, 11) is 0. The van der Waals surface area contributed by atoms with Gasteiger partial charge in [0.1, 0.15) is 17.5 Å². The number of amides is 1. The number of piperidine rings is 1. The number of rotatable bonds is 7. The second-order valence-electron chi connectivity index (χ2n) is 8.10. The molecular formula is C20H31N3O4. The van der Waals surface area contributed by atoms with Crippen molar-refractivity contribution in [1.82, 2.24) is 15.2 Å². The number of likely N-dealkylation sites (tertiary alicyclic amines) is 1. The third kappa shape index (κ3) is 7.54. The van der Waals surface area contributed by atoms with Crippen LogP contribution in [0.5, 0.6) is 5.75 Å². The van der Waals surface area contributed by atoms with Gasteiger partial charge in [0.15, 0.2) is 6.29 Å². The number of alkyl carbamates (subject to hydrolysis) is 1. The Labute approximate surface area is 161 Å². The number of nitrogens with one attached hydrogen (secondary N) is 1. The number of hydrogen-bond acceptors (Lipinski definition) is 6. The maximum Gasteiger partial charge on any atom is 0.407 e. The SMILES string of the molecule is CC(C)(C)NC(=O)OC1CCN(CCCCc2ccc(O)c(C=O)n2)CC1. The van der Waals surface area contributed by atoms with Crippen LogP contribution in [0.15, 0.2) is 12.1 Å². The van der Waals surface area contributed by atoms with Crippen LogP contribution < -0.4 is 5.32 Å². The first-order valence-electron chi connectivity index (χ1n) is 9.62. The van der Waals surface area contributed by atoms with Crippen molar-refractivity contribution in [2.75, 3.05) is 19.6 Å². The molecule has 0 aromatic carbocycles. The molecular weight excluding hydrogens is 346 g/mol. The standard InChI is InChI=1S/C20H31N3O4/c1-20(2,3)22-19(26)27-16-9-12-23(13-10-16)11-5-4-6-15-7-8-18(25)17(14-24)21-15/h7-8,14,16,25H,4-6,9-13H2,1-3H3,(H,22,26). The molecule has 7 heteroatoms. The summed E-state index contributed by atoms with van der Waals surface area (Å²) in [6, 6.07) is 3.28. The normalized spacial score (nSPS) is 16.1. The van der Waals surface area contributed by atoms with Gasteiger partial charge in [0.2, 0.25) is 0 Å². The summed E-state index contributed by atoms with van der Waals surface area (Å²) in [5, 5.41) is 12.3. The number of aryl methyl sites for hydroxylation is 1. The molecule has 1 aromatic heterocycles. The Morgan fingerprint density at radius 3 is 2.67 bits per heavy atom. The van der Waals surface area contributed by atoms with E-state index >= 15 is 0 Å². The van der Waals surface area contributed by atoms with Gasteiger partial charge in [-0.15, -0.1) is 0 Å². The van der Waals surface area contributed by atoms with Crippen LogP contribution in [0.2, 0.25) is 0 Å². The Bertz CT molecular complexity index is 635. The highest BCUT2D eigenvalue weighted by atomic mass is 16.6. The van der Waals surface area contributed by atoms with Crippen molar-refractivity contribution in [3.05, 3.63) is 23.5 Å². The van der Waals surface area contributed by atoms with Crippen LogP contribution in [0.3, 0.4) is 0 Å². The Balaban J connectivity index is 1.62. The lowest BCUT2D eigenvalue weighted by Crippen LogP contribution is -2.44. The Hall–Kier alpha value is -2.15. The molecule has 1 aliphatic rings. The second kappa shape index (κ2) is 9.69. The molecule has 27 heavy (non-hydrogen) atoms. The fourth-order valence-corrected chi connectivity index (χ4v) is 3.12. The van der Waals surface area contributed by atoms with Crippen LogP contribution in [-0.4, -0.2) is 58.6 Å². The van der Waals surface area contributed by atoms with Gasteiger partial charge < -0.3 is 20.1 Å². The number of aldehydes is 1. The largest absolute Gasteiger partial charge is 0.506 e. The lowest BCUT2D eigenvalue weighted by molar-refractivity contribution is 0.0468. The average Bonchev–Trinajstić information content (AvgIpc) is 2.59. The van der Waals surface area contributed by atoms with E-state index in [1.165, 1.54) is 6.07 Å². The van der Waals surface area contributed by atoms with E-state index in [2.05, 4.69) is 15.2 Å². The van der Waals surface area contributed by atoms with Gasteiger partial charge in [-0.3, -0.25) is 4.79 Å². The van der Waals surface area contributed by atoms with Gasteiger partial charge in [0.05, 0.1) is 0 Å². The molecule has 0 radical (unpaired) electrons. The maximum atomic E-state index is 11.8. The number of nitrogens with zero attached hydrogens (tertiary/aromatic N) is 2. The van der Waals surface area contributed by atoms with Crippen LogP contribution in [0, 0.1) is 0 Å². The maximum absolute atomic E-state index is 11.8. The van der Waals surface area contributed by atoms with E-state index in [0.29, 0.717) is 6.29 Å². The van der Waals surface area contributed by atoms with Gasteiger partial charge in [0, 0.05) is 24.3 Å². The molecule has 2 N–H and O–H groups in total. The highest BCUT2D eigenvalue weighted by Gasteiger charge is 2.23. The number of unbranched alkanes of at least 4 members (excludes halogenated alkanes) is 1. The zero-order valence-corrected chi connectivity index (χ0v) is 16.5. The number of ether oxygens (including phenoxy) is 1. The number of carbonyl (C=O) groups excluding carboxylic acids is 2. The van der Waals surface area contributed by atoms with Gasteiger partial charge in [-0.05, 0) is 71.6 Å². The summed E-state index contributed by atoms with van der Waals surface area (Å²) >= 11 is 0. The van der Waals surface area contributed by atoms with Crippen molar-refractivity contribution in [1.29, 1.82) is 0 Å². The van der Waals surface area contributed by atoms with E-state index in [1.54, 1.807) is 6.07 Å². The number of pyridine rings is 1. The fraction of sp³-hybridized carbons (Fsp3) is 0.650. The van der Waals surface area contributed by atoms with E-state index in [4.69, 9.17) is 4.74 Å². The monoisotopic (exact) mass is 377 g/mol. The smallest absolute Gasteiger partial charge is 0.407 e. The van der Waals surface area contributed by atoms with Crippen molar-refractivity contribution in [2.24, 2.45) is 0 Å². The summed E-state index contributed by atoms with van der Waals surface area (Å²) in [6.45, 7) is 8.67. The molecule has 1 fully saturated rings. The molecule has 0 saturated carbocycles. The van der Waals surface area contributed by atoms with Crippen LogP contribution in [-0.2, 0) is 11.2 Å². The highest BCUT2D eigenvalue weighted by Crippen LogP contribution is 2.17. The van der Waals surface area contributed by atoms with Crippen molar-refractivity contribution in [3.8, 4) is 5.75 Å². The van der Waals surface area contributed by atoms with E-state index in [0.717, 1.165) is 57.4 Å². The quantitative estimate of drug-likeness (QED) is 0.561. The Morgan fingerprint density at radius 1 is 1.33 bits per heavy atom. The molecule has 2 rings (SSSR count). The van der Waals surface area contributed by atoms with Gasteiger partial charge in [-0.25, -0.2) is 9.78 Å². The molecule has 0 atom stereocenters. The minimum absolute atomic E-state index is 0.00782. The third-order valence-corrected chi connectivity index (χ3v) is 4.51. The van der Waals surface area contributed by atoms with Crippen molar-refractivity contribution < 1.29 is 19.4 Å². The van der Waals surface area contributed by atoms with Gasteiger partial charge in [-0.1, -0.05) is 0 Å². The van der Waals surface area contributed by atoms with Crippen LogP contribution in [0.1, 0.15) is 62.6 Å². The van der Waals surface area contributed by atoms with Gasteiger partial charge in [-0.2, -0.15) is 0 Å². The van der Waals surface area contributed by atoms with E-state index in [9.17, 15) is 14.7 Å². The molecule has 0 bridgehead atoms. The zero-order valence-electron chi connectivity index (χ0n) is 16.5. The Kier molecular flexibility index (Phi) is 7.59. The predicted octanol–water partition coefficient (Wildman–Crippen LogP) is 2.91. The molecule has 1 aromatic rings. The molecule has 1 aliphatic heterocycles. The van der Waals surface area contributed by atoms with E-state index < -0.39 is 0 Å².